The number of β-amino-alcohol motifs (C(OH)–C–C–N with tert-alkyl or cyclic N) is 1. The number of benzene rings is 2. The van der Waals surface area contributed by atoms with Crippen LogP contribution < -0.4 is 16.7 Å². The van der Waals surface area contributed by atoms with Crippen molar-refractivity contribution in [2.75, 3.05) is 30.7 Å². The van der Waals surface area contributed by atoms with E-state index in [4.69, 9.17) is 28.9 Å². The normalized spacial score (nSPS) is 15.1. The van der Waals surface area contributed by atoms with E-state index >= 15 is 0 Å². The number of aromatic nitrogens is 4. The number of hydrogen-bond acceptors (Lipinski definition) is 8. The van der Waals surface area contributed by atoms with Crippen molar-refractivity contribution in [2.24, 2.45) is 0 Å². The van der Waals surface area contributed by atoms with Crippen LogP contribution >= 0.6 is 23.2 Å². The van der Waals surface area contributed by atoms with Crippen LogP contribution in [0.2, 0.25) is 10.0 Å². The summed E-state index contributed by atoms with van der Waals surface area (Å²) in [4.78, 5) is 28.1. The lowest BCUT2D eigenvalue weighted by molar-refractivity contribution is 0.0823. The van der Waals surface area contributed by atoms with Gasteiger partial charge in [-0.25, -0.2) is 14.3 Å². The van der Waals surface area contributed by atoms with E-state index in [1.165, 1.54) is 17.3 Å². The number of nitrogens with one attached hydrogen (secondary N) is 1. The monoisotopic (exact) mass is 525 g/mol. The number of aliphatic hydroxyl groups is 1. The smallest absolute Gasteiger partial charge is 0.355 e. The second-order valence-electron chi connectivity index (χ2n) is 9.13. The van der Waals surface area contributed by atoms with Crippen molar-refractivity contribution in [1.29, 1.82) is 0 Å². The van der Waals surface area contributed by atoms with E-state index < -0.39 is 5.69 Å². The standard InChI is InChI=1S/C25H25Cl2N7O2/c1-25(2)17-7-6-15(12-14(17)8-9-33(25)10-11-35)30-23-29-13-16-21(28)34(24(36)32-22(16)31-23)20-18(26)4-3-5-19(20)27/h3-7,12-13,35H,8-11,28H2,1-2H3,(H,30,31,32,36). The Morgan fingerprint density at radius 1 is 1.17 bits per heavy atom. The Morgan fingerprint density at radius 3 is 2.64 bits per heavy atom. The molecule has 0 saturated carbocycles. The number of nitrogens with zero attached hydrogens (tertiary/aromatic N) is 5. The highest BCUT2D eigenvalue weighted by Gasteiger charge is 2.34. The van der Waals surface area contributed by atoms with Gasteiger partial charge in [0.05, 0.1) is 27.7 Å². The molecular weight excluding hydrogens is 501 g/mol. The SMILES string of the molecule is CC1(C)c2ccc(Nc3ncc4c(N)n(-c5c(Cl)cccc5Cl)c(=O)nc4n3)cc2CCN1CCO. The first-order chi connectivity index (χ1) is 17.2. The molecule has 9 nitrogen and oxygen atoms in total. The van der Waals surface area contributed by atoms with Gasteiger partial charge in [0.15, 0.2) is 5.65 Å². The van der Waals surface area contributed by atoms with E-state index in [2.05, 4.69) is 51.1 Å². The van der Waals surface area contributed by atoms with Gasteiger partial charge in [0.25, 0.3) is 0 Å². The molecule has 1 aliphatic rings. The van der Waals surface area contributed by atoms with Crippen molar-refractivity contribution in [1.82, 2.24) is 24.4 Å². The predicted octanol–water partition coefficient (Wildman–Crippen LogP) is 3.89. The number of halogens is 2. The van der Waals surface area contributed by atoms with Gasteiger partial charge in [-0.3, -0.25) is 4.90 Å². The number of rotatable bonds is 5. The minimum absolute atomic E-state index is 0.0926. The lowest BCUT2D eigenvalue weighted by Gasteiger charge is -2.43. The average Bonchev–Trinajstić information content (AvgIpc) is 2.82. The number of hydrogen-bond donors (Lipinski definition) is 3. The van der Waals surface area contributed by atoms with Crippen LogP contribution in [0.1, 0.15) is 25.0 Å². The molecule has 2 aromatic heterocycles. The molecule has 4 aromatic rings. The average molecular weight is 526 g/mol. The minimum Gasteiger partial charge on any atom is -0.395 e. The van der Waals surface area contributed by atoms with Gasteiger partial charge in [-0.2, -0.15) is 9.97 Å². The lowest BCUT2D eigenvalue weighted by atomic mass is 9.83. The molecule has 0 fully saturated rings. The Morgan fingerprint density at radius 2 is 1.92 bits per heavy atom. The highest BCUT2D eigenvalue weighted by Crippen LogP contribution is 2.36. The van der Waals surface area contributed by atoms with Crippen LogP contribution in [0.4, 0.5) is 17.5 Å². The van der Waals surface area contributed by atoms with Crippen LogP contribution in [0.5, 0.6) is 0 Å². The summed E-state index contributed by atoms with van der Waals surface area (Å²) in [7, 11) is 0. The molecule has 0 bridgehead atoms. The molecule has 186 valence electrons. The van der Waals surface area contributed by atoms with Crippen molar-refractivity contribution in [3.8, 4) is 5.69 Å². The molecule has 4 N–H and O–H groups in total. The van der Waals surface area contributed by atoms with E-state index in [0.29, 0.717) is 17.9 Å². The van der Waals surface area contributed by atoms with Crippen LogP contribution in [0.3, 0.4) is 0 Å². The molecule has 3 heterocycles. The van der Waals surface area contributed by atoms with Crippen molar-refractivity contribution in [3.63, 3.8) is 0 Å². The number of para-hydroxylation sites is 1. The fraction of sp³-hybridized carbons (Fsp3) is 0.280. The number of nitrogen functional groups attached to an aromatic ring is 1. The van der Waals surface area contributed by atoms with Gasteiger partial charge in [0.1, 0.15) is 5.82 Å². The molecule has 36 heavy (non-hydrogen) atoms. The number of anilines is 3. The number of aliphatic hydroxyl groups excluding tert-OH is 1. The van der Waals surface area contributed by atoms with Gasteiger partial charge < -0.3 is 16.2 Å². The van der Waals surface area contributed by atoms with Crippen molar-refractivity contribution in [3.05, 3.63) is 74.3 Å². The largest absolute Gasteiger partial charge is 0.395 e. The second-order valence-corrected chi connectivity index (χ2v) is 9.95. The van der Waals surface area contributed by atoms with Gasteiger partial charge >= 0.3 is 5.69 Å². The third-order valence-electron chi connectivity index (χ3n) is 6.67. The third-order valence-corrected chi connectivity index (χ3v) is 7.28. The molecule has 0 atom stereocenters. The van der Waals surface area contributed by atoms with Crippen LogP contribution in [0.15, 0.2) is 47.4 Å². The molecule has 0 spiro atoms. The Balaban J connectivity index is 1.48. The second kappa shape index (κ2) is 9.33. The molecule has 11 heteroatoms. The van der Waals surface area contributed by atoms with E-state index in [1.807, 2.05) is 6.07 Å². The van der Waals surface area contributed by atoms with E-state index in [0.717, 1.165) is 23.2 Å². The van der Waals surface area contributed by atoms with Gasteiger partial charge in [0, 0.05) is 30.5 Å². The topological polar surface area (TPSA) is 122 Å². The van der Waals surface area contributed by atoms with Crippen LogP contribution in [-0.2, 0) is 12.0 Å². The molecule has 0 aliphatic carbocycles. The van der Waals surface area contributed by atoms with E-state index in [-0.39, 0.29) is 39.3 Å². The van der Waals surface area contributed by atoms with Crippen LogP contribution in [0.25, 0.3) is 16.7 Å². The van der Waals surface area contributed by atoms with Crippen LogP contribution in [-0.4, -0.2) is 49.2 Å². The first kappa shape index (κ1) is 24.5. The molecule has 0 unspecified atom stereocenters. The highest BCUT2D eigenvalue weighted by atomic mass is 35.5. The van der Waals surface area contributed by atoms with Crippen LogP contribution in [0, 0.1) is 0 Å². The third kappa shape index (κ3) is 4.18. The quantitative estimate of drug-likeness (QED) is 0.358. The Hall–Kier alpha value is -3.24. The molecular formula is C25H25Cl2N7O2. The molecule has 5 rings (SSSR count). The number of nitrogens with two attached hydrogens (primary N) is 1. The summed E-state index contributed by atoms with van der Waals surface area (Å²) in [6, 6.07) is 11.1. The molecule has 0 amide bonds. The number of fused-ring (bicyclic) bond motifs is 2. The Kier molecular flexibility index (Phi) is 6.34. The minimum atomic E-state index is -0.650. The maximum absolute atomic E-state index is 12.9. The Labute approximate surface area is 217 Å². The zero-order valence-corrected chi connectivity index (χ0v) is 21.3. The Bertz CT molecular complexity index is 1520. The zero-order chi connectivity index (χ0) is 25.6. The molecule has 2 aromatic carbocycles. The maximum atomic E-state index is 12.9. The summed E-state index contributed by atoms with van der Waals surface area (Å²) in [5.74, 6) is 0.384. The van der Waals surface area contributed by atoms with Gasteiger partial charge in [0.2, 0.25) is 5.95 Å². The molecule has 0 saturated heterocycles. The van der Waals surface area contributed by atoms with Gasteiger partial charge in [-0.1, -0.05) is 35.3 Å². The van der Waals surface area contributed by atoms with Crippen molar-refractivity contribution < 1.29 is 5.11 Å². The summed E-state index contributed by atoms with van der Waals surface area (Å²) in [6.45, 7) is 5.96. The summed E-state index contributed by atoms with van der Waals surface area (Å²) >= 11 is 12.6. The van der Waals surface area contributed by atoms with E-state index in [9.17, 15) is 9.90 Å². The van der Waals surface area contributed by atoms with Crippen molar-refractivity contribution in [2.45, 2.75) is 25.8 Å². The summed E-state index contributed by atoms with van der Waals surface area (Å²) in [5, 5.41) is 13.5. The summed E-state index contributed by atoms with van der Waals surface area (Å²) in [6.07, 6.45) is 2.39. The van der Waals surface area contributed by atoms with Gasteiger partial charge in [-0.15, -0.1) is 0 Å². The summed E-state index contributed by atoms with van der Waals surface area (Å²) < 4.78 is 1.16. The van der Waals surface area contributed by atoms with Crippen molar-refractivity contribution >= 4 is 51.7 Å². The lowest BCUT2D eigenvalue weighted by Crippen LogP contribution is -2.47. The summed E-state index contributed by atoms with van der Waals surface area (Å²) in [5.41, 5.74) is 9.17. The molecule has 0 radical (unpaired) electrons. The van der Waals surface area contributed by atoms with E-state index in [1.54, 1.807) is 18.2 Å². The zero-order valence-electron chi connectivity index (χ0n) is 19.8. The fourth-order valence-corrected chi connectivity index (χ4v) is 5.37. The van der Waals surface area contributed by atoms with Gasteiger partial charge in [-0.05, 0) is 55.7 Å². The first-order valence-electron chi connectivity index (χ1n) is 11.5. The fourth-order valence-electron chi connectivity index (χ4n) is 4.80. The first-order valence-corrected chi connectivity index (χ1v) is 12.2. The molecule has 1 aliphatic heterocycles. The predicted molar refractivity (Wildman–Crippen MR) is 142 cm³/mol. The highest BCUT2D eigenvalue weighted by molar-refractivity contribution is 6.37. The maximum Gasteiger partial charge on any atom is 0.355 e.